The molecule has 8 rings (SSSR count). The standard InChI is InChI=1S/C27H27F2NO3.C26H27FN2O2S/c1-19(20-3-5-21(6-4-20)22-7-11-24(28)12-8-22)30-17-16-27(15-2-18-31,33-26(30)32)23-9-13-25(29)14-10-23;1-5-14-26(22-10-12-23(27)13-11-22)15-16-29(25(30)31-26)18(3)20-6-8-21(9-7-20)24-17(2)28-19(4)32-24/h3-14,19,31H,2,15-18H2,1H3;5-13,18H,1,14-16H2,2-4H3. The smallest absolute Gasteiger partial charge is 0.411 e. The van der Waals surface area contributed by atoms with Crippen LogP contribution in [-0.4, -0.2) is 51.8 Å². The molecule has 2 saturated heterocycles. The van der Waals surface area contributed by atoms with E-state index in [9.17, 15) is 27.9 Å². The van der Waals surface area contributed by atoms with Crippen LogP contribution in [0.3, 0.4) is 0 Å². The van der Waals surface area contributed by atoms with E-state index < -0.39 is 17.3 Å². The summed E-state index contributed by atoms with van der Waals surface area (Å²) in [5, 5.41) is 10.4. The van der Waals surface area contributed by atoms with Crippen LogP contribution < -0.4 is 0 Å². The quantitative estimate of drug-likeness (QED) is 0.116. The van der Waals surface area contributed by atoms with Gasteiger partial charge < -0.3 is 24.4 Å². The van der Waals surface area contributed by atoms with Crippen LogP contribution in [0.1, 0.15) is 91.0 Å². The number of thiazole rings is 1. The summed E-state index contributed by atoms with van der Waals surface area (Å²) in [5.74, 6) is -0.937. The highest BCUT2D eigenvalue weighted by Gasteiger charge is 2.44. The second kappa shape index (κ2) is 20.3. The van der Waals surface area contributed by atoms with Crippen LogP contribution in [0.4, 0.5) is 22.8 Å². The van der Waals surface area contributed by atoms with Gasteiger partial charge in [-0.25, -0.2) is 27.7 Å². The maximum atomic E-state index is 13.4. The normalized spacial score (nSPS) is 19.4. The van der Waals surface area contributed by atoms with Crippen molar-refractivity contribution in [3.05, 3.63) is 184 Å². The average Bonchev–Trinajstić information content (AvgIpc) is 3.66. The molecule has 4 atom stereocenters. The zero-order valence-corrected chi connectivity index (χ0v) is 37.9. The predicted octanol–water partition coefficient (Wildman–Crippen LogP) is 13.1. The molecule has 3 heterocycles. The van der Waals surface area contributed by atoms with E-state index in [-0.39, 0.29) is 42.2 Å². The van der Waals surface area contributed by atoms with Crippen LogP contribution in [0.25, 0.3) is 21.6 Å². The number of aliphatic hydroxyl groups is 1. The molecule has 12 heteroatoms. The number of nitrogens with zero attached hydrogens (tertiary/aromatic N) is 3. The molecule has 8 nitrogen and oxygen atoms in total. The molecule has 1 N–H and O–H groups in total. The number of rotatable bonds is 13. The van der Waals surface area contributed by atoms with E-state index in [2.05, 4.69) is 35.8 Å². The monoisotopic (exact) mass is 901 g/mol. The van der Waals surface area contributed by atoms with Crippen molar-refractivity contribution < 1.29 is 37.3 Å². The highest BCUT2D eigenvalue weighted by molar-refractivity contribution is 7.15. The number of benzene rings is 5. The third-order valence-electron chi connectivity index (χ3n) is 12.6. The van der Waals surface area contributed by atoms with Crippen molar-refractivity contribution in [3.63, 3.8) is 0 Å². The summed E-state index contributed by atoms with van der Waals surface area (Å²) in [6.07, 6.45) is 3.53. The minimum atomic E-state index is -0.879. The van der Waals surface area contributed by atoms with Gasteiger partial charge in [0.2, 0.25) is 0 Å². The first kappa shape index (κ1) is 46.7. The lowest BCUT2D eigenvalue weighted by Gasteiger charge is -2.43. The zero-order valence-electron chi connectivity index (χ0n) is 37.1. The average molecular weight is 902 g/mol. The number of aryl methyl sites for hydroxylation is 2. The molecule has 1 aromatic heterocycles. The van der Waals surface area contributed by atoms with E-state index in [1.54, 1.807) is 63.6 Å². The molecular weight excluding hydrogens is 848 g/mol. The number of hydrogen-bond donors (Lipinski definition) is 1. The summed E-state index contributed by atoms with van der Waals surface area (Å²) in [4.78, 5) is 35.3. The third-order valence-corrected chi connectivity index (χ3v) is 13.7. The highest BCUT2D eigenvalue weighted by atomic mass is 32.1. The fourth-order valence-electron chi connectivity index (χ4n) is 8.80. The van der Waals surface area contributed by atoms with Crippen molar-refractivity contribution in [2.45, 2.75) is 83.1 Å². The Kier molecular flexibility index (Phi) is 14.6. The van der Waals surface area contributed by atoms with Gasteiger partial charge in [-0.1, -0.05) is 91.0 Å². The van der Waals surface area contributed by atoms with Crippen LogP contribution in [0.15, 0.2) is 134 Å². The van der Waals surface area contributed by atoms with Gasteiger partial charge in [0.15, 0.2) is 0 Å². The summed E-state index contributed by atoms with van der Waals surface area (Å²) in [6.45, 7) is 12.8. The first-order valence-electron chi connectivity index (χ1n) is 21.9. The largest absolute Gasteiger partial charge is 0.438 e. The second-order valence-corrected chi connectivity index (χ2v) is 17.9. The van der Waals surface area contributed by atoms with Gasteiger partial charge in [-0.15, -0.1) is 17.9 Å². The van der Waals surface area contributed by atoms with Gasteiger partial charge in [0.05, 0.1) is 27.7 Å². The van der Waals surface area contributed by atoms with E-state index in [0.717, 1.165) is 49.6 Å². The minimum absolute atomic E-state index is 0.0129. The summed E-state index contributed by atoms with van der Waals surface area (Å²) in [6, 6.07) is 34.3. The summed E-state index contributed by atoms with van der Waals surface area (Å²) in [5.41, 5.74) is 5.89. The van der Waals surface area contributed by atoms with Crippen LogP contribution in [0.5, 0.6) is 0 Å². The predicted molar refractivity (Wildman–Crippen MR) is 249 cm³/mol. The first-order chi connectivity index (χ1) is 31.2. The zero-order chi connectivity index (χ0) is 46.3. The number of amides is 2. The molecule has 5 aromatic carbocycles. The van der Waals surface area contributed by atoms with E-state index in [1.807, 2.05) is 52.0 Å². The summed E-state index contributed by atoms with van der Waals surface area (Å²) in [7, 11) is 0. The maximum absolute atomic E-state index is 13.4. The number of hydrogen-bond acceptors (Lipinski definition) is 7. The van der Waals surface area contributed by atoms with Crippen LogP contribution in [0, 0.1) is 31.3 Å². The molecule has 0 saturated carbocycles. The number of cyclic esters (lactones) is 2. The third kappa shape index (κ3) is 10.5. The van der Waals surface area contributed by atoms with Gasteiger partial charge >= 0.3 is 12.2 Å². The van der Waals surface area contributed by atoms with Crippen LogP contribution in [0.2, 0.25) is 0 Å². The lowest BCUT2D eigenvalue weighted by molar-refractivity contribution is -0.0680. The van der Waals surface area contributed by atoms with Crippen molar-refractivity contribution in [2.24, 2.45) is 0 Å². The van der Waals surface area contributed by atoms with Crippen molar-refractivity contribution in [2.75, 3.05) is 19.7 Å². The number of carbonyl (C=O) groups excluding carboxylic acids is 2. The van der Waals surface area contributed by atoms with Crippen molar-refractivity contribution in [3.8, 4) is 21.6 Å². The van der Waals surface area contributed by atoms with E-state index in [0.29, 0.717) is 45.2 Å². The van der Waals surface area contributed by atoms with Gasteiger partial charge in [0.25, 0.3) is 0 Å². The van der Waals surface area contributed by atoms with Crippen LogP contribution >= 0.6 is 11.3 Å². The Hall–Kier alpha value is -6.24. The molecule has 0 spiro atoms. The molecule has 4 unspecified atom stereocenters. The Morgan fingerprint density at radius 2 is 1.09 bits per heavy atom. The Labute approximate surface area is 383 Å². The molecule has 2 aliphatic rings. The van der Waals surface area contributed by atoms with E-state index in [4.69, 9.17) is 9.47 Å². The molecule has 65 heavy (non-hydrogen) atoms. The number of carbonyl (C=O) groups is 2. The van der Waals surface area contributed by atoms with Gasteiger partial charge in [-0.05, 0) is 116 Å². The van der Waals surface area contributed by atoms with E-state index >= 15 is 0 Å². The van der Waals surface area contributed by atoms with Crippen molar-refractivity contribution in [1.29, 1.82) is 0 Å². The summed E-state index contributed by atoms with van der Waals surface area (Å²) >= 11 is 1.69. The second-order valence-electron chi connectivity index (χ2n) is 16.7. The van der Waals surface area contributed by atoms with Gasteiger partial charge in [-0.3, -0.25) is 0 Å². The lowest BCUT2D eigenvalue weighted by Crippen LogP contribution is -2.48. The van der Waals surface area contributed by atoms with Crippen LogP contribution in [-0.2, 0) is 20.7 Å². The lowest BCUT2D eigenvalue weighted by atomic mass is 9.84. The van der Waals surface area contributed by atoms with Crippen molar-refractivity contribution >= 4 is 23.5 Å². The Balaban J connectivity index is 0.000000194. The Morgan fingerprint density at radius 3 is 1.52 bits per heavy atom. The highest BCUT2D eigenvalue weighted by Crippen LogP contribution is 2.42. The Bertz CT molecular complexity index is 2570. The molecule has 2 fully saturated rings. The first-order valence-corrected chi connectivity index (χ1v) is 22.7. The molecule has 0 bridgehead atoms. The molecule has 2 amide bonds. The van der Waals surface area contributed by atoms with Gasteiger partial charge in [0, 0.05) is 39.0 Å². The topological polar surface area (TPSA) is 92.2 Å². The number of aliphatic hydroxyl groups excluding tert-OH is 1. The number of halogens is 3. The minimum Gasteiger partial charge on any atom is -0.438 e. The fourth-order valence-corrected chi connectivity index (χ4v) is 9.73. The molecule has 338 valence electrons. The number of ether oxygens (including phenoxy) is 2. The Morgan fingerprint density at radius 1 is 0.677 bits per heavy atom. The van der Waals surface area contributed by atoms with Gasteiger partial charge in [-0.2, -0.15) is 0 Å². The SMILES string of the molecule is C=CCC1(c2ccc(F)cc2)CCN(C(C)c2ccc(-c3sc(C)nc3C)cc2)C(=O)O1.CC(c1ccc(-c2ccc(F)cc2)cc1)N1CCC(CCCO)(c2ccc(F)cc2)OC1=O. The van der Waals surface area contributed by atoms with Crippen molar-refractivity contribution in [1.82, 2.24) is 14.8 Å². The summed E-state index contributed by atoms with van der Waals surface area (Å²) < 4.78 is 52.0. The molecule has 2 aliphatic heterocycles. The fraction of sp³-hybridized carbons (Fsp3) is 0.302. The van der Waals surface area contributed by atoms with Gasteiger partial charge in [0.1, 0.15) is 28.7 Å². The molecule has 6 aromatic rings. The molecule has 0 radical (unpaired) electrons. The number of aromatic nitrogens is 1. The van der Waals surface area contributed by atoms with E-state index in [1.165, 1.54) is 41.3 Å². The molecule has 0 aliphatic carbocycles. The molecular formula is C53H54F3N3O5S. The maximum Gasteiger partial charge on any atom is 0.411 e.